The number of para-hydroxylation sites is 1. The van der Waals surface area contributed by atoms with Crippen molar-refractivity contribution >= 4 is 64.0 Å². The highest BCUT2D eigenvalue weighted by Crippen LogP contribution is 2.33. The molecule has 2 amide bonds. The molecule has 0 unspecified atom stereocenters. The molecule has 0 bridgehead atoms. The monoisotopic (exact) mass is 438 g/mol. The third-order valence-corrected chi connectivity index (χ3v) is 4.95. The number of anilines is 2. The maximum Gasteiger partial charge on any atom is 0.340 e. The van der Waals surface area contributed by atoms with Gasteiger partial charge in [-0.3, -0.25) is 9.59 Å². The van der Waals surface area contributed by atoms with Crippen LogP contribution >= 0.6 is 34.8 Å². The smallest absolute Gasteiger partial charge is 0.340 e. The van der Waals surface area contributed by atoms with Crippen molar-refractivity contribution in [3.05, 3.63) is 68.8 Å². The zero-order valence-corrected chi connectivity index (χ0v) is 16.7. The molecule has 3 rings (SSSR count). The summed E-state index contributed by atoms with van der Waals surface area (Å²) in [6.07, 6.45) is 0. The molecule has 2 aromatic rings. The van der Waals surface area contributed by atoms with Crippen LogP contribution in [-0.4, -0.2) is 24.4 Å². The van der Waals surface area contributed by atoms with Crippen molar-refractivity contribution in [3.63, 3.8) is 0 Å². The highest BCUT2D eigenvalue weighted by Gasteiger charge is 2.40. The molecule has 28 heavy (non-hydrogen) atoms. The summed E-state index contributed by atoms with van der Waals surface area (Å²) in [6.45, 7) is 1.81. The van der Waals surface area contributed by atoms with Crippen molar-refractivity contribution in [3.8, 4) is 0 Å². The highest BCUT2D eigenvalue weighted by molar-refractivity contribution is 6.53. The summed E-state index contributed by atoms with van der Waals surface area (Å²) < 4.78 is 4.99. The first kappa shape index (κ1) is 20.2. The molecule has 6 nitrogen and oxygen atoms in total. The minimum absolute atomic E-state index is 0.0753. The molecular weight excluding hydrogens is 427 g/mol. The lowest BCUT2D eigenvalue weighted by atomic mass is 10.1. The lowest BCUT2D eigenvalue weighted by molar-refractivity contribution is -0.120. The standard InChI is InChI=1S/C19H13Cl3N2O4/c1-2-28-19(27)11-5-3-4-6-14(11)24-17(25)15(22)16(18(24)26)23-10-7-8-12(20)13(21)9-10/h3-9,23H,2H2,1H3. The lowest BCUT2D eigenvalue weighted by Gasteiger charge is -2.18. The average molecular weight is 440 g/mol. The minimum atomic E-state index is -0.758. The van der Waals surface area contributed by atoms with E-state index in [1.807, 2.05) is 0 Å². The number of carbonyl (C=O) groups is 3. The first-order valence-electron chi connectivity index (χ1n) is 8.12. The van der Waals surface area contributed by atoms with Crippen LogP contribution in [0.2, 0.25) is 10.0 Å². The fourth-order valence-electron chi connectivity index (χ4n) is 2.60. The van der Waals surface area contributed by atoms with Gasteiger partial charge in [0.1, 0.15) is 10.7 Å². The number of carbonyl (C=O) groups excluding carboxylic acids is 3. The number of halogens is 3. The van der Waals surface area contributed by atoms with Gasteiger partial charge in [0.25, 0.3) is 11.8 Å². The van der Waals surface area contributed by atoms with Gasteiger partial charge in [0.2, 0.25) is 0 Å². The van der Waals surface area contributed by atoms with Gasteiger partial charge in [-0.1, -0.05) is 46.9 Å². The Morgan fingerprint density at radius 3 is 2.43 bits per heavy atom. The van der Waals surface area contributed by atoms with E-state index < -0.39 is 17.8 Å². The van der Waals surface area contributed by atoms with Crippen LogP contribution in [0.5, 0.6) is 0 Å². The van der Waals surface area contributed by atoms with E-state index in [9.17, 15) is 14.4 Å². The largest absolute Gasteiger partial charge is 0.462 e. The zero-order chi connectivity index (χ0) is 20.4. The second-order valence-electron chi connectivity index (χ2n) is 5.63. The number of rotatable bonds is 5. The van der Waals surface area contributed by atoms with E-state index in [-0.39, 0.29) is 33.6 Å². The molecule has 1 aliphatic heterocycles. The number of imide groups is 1. The molecule has 144 valence electrons. The Hall–Kier alpha value is -2.54. The normalized spacial score (nSPS) is 13.9. The SMILES string of the molecule is CCOC(=O)c1ccccc1N1C(=O)C(Cl)=C(Nc2ccc(Cl)c(Cl)c2)C1=O. The molecule has 0 saturated carbocycles. The Kier molecular flexibility index (Phi) is 5.93. The highest BCUT2D eigenvalue weighted by atomic mass is 35.5. The fraction of sp³-hybridized carbons (Fsp3) is 0.105. The number of nitrogens with one attached hydrogen (secondary N) is 1. The number of ether oxygens (including phenoxy) is 1. The van der Waals surface area contributed by atoms with Gasteiger partial charge in [-0.15, -0.1) is 0 Å². The second kappa shape index (κ2) is 8.22. The van der Waals surface area contributed by atoms with Crippen molar-refractivity contribution in [2.24, 2.45) is 0 Å². The molecule has 2 aromatic carbocycles. The number of hydrogen-bond donors (Lipinski definition) is 1. The van der Waals surface area contributed by atoms with Crippen molar-refractivity contribution < 1.29 is 19.1 Å². The molecule has 1 N–H and O–H groups in total. The maximum atomic E-state index is 12.9. The minimum Gasteiger partial charge on any atom is -0.462 e. The van der Waals surface area contributed by atoms with Crippen LogP contribution in [0.15, 0.2) is 53.2 Å². The third-order valence-electron chi connectivity index (χ3n) is 3.86. The molecular formula is C19H13Cl3N2O4. The van der Waals surface area contributed by atoms with Gasteiger partial charge in [0.05, 0.1) is 27.9 Å². The molecule has 0 aliphatic carbocycles. The number of hydrogen-bond acceptors (Lipinski definition) is 5. The number of benzene rings is 2. The van der Waals surface area contributed by atoms with Crippen molar-refractivity contribution in [1.82, 2.24) is 0 Å². The molecule has 0 aromatic heterocycles. The zero-order valence-electron chi connectivity index (χ0n) is 14.5. The van der Waals surface area contributed by atoms with Gasteiger partial charge in [0.15, 0.2) is 0 Å². The van der Waals surface area contributed by atoms with E-state index in [4.69, 9.17) is 39.5 Å². The van der Waals surface area contributed by atoms with Crippen LogP contribution in [0, 0.1) is 0 Å². The van der Waals surface area contributed by atoms with Gasteiger partial charge < -0.3 is 10.1 Å². The topological polar surface area (TPSA) is 75.7 Å². The van der Waals surface area contributed by atoms with Gasteiger partial charge >= 0.3 is 5.97 Å². The van der Waals surface area contributed by atoms with E-state index in [0.717, 1.165) is 4.90 Å². The molecule has 1 heterocycles. The quantitative estimate of drug-likeness (QED) is 0.544. The Bertz CT molecular complexity index is 1020. The maximum absolute atomic E-state index is 12.9. The molecule has 1 aliphatic rings. The molecule has 0 saturated heterocycles. The summed E-state index contributed by atoms with van der Waals surface area (Å²) in [6, 6.07) is 10.7. The van der Waals surface area contributed by atoms with E-state index in [1.165, 1.54) is 24.3 Å². The van der Waals surface area contributed by atoms with Crippen LogP contribution in [0.4, 0.5) is 11.4 Å². The number of nitrogens with zero attached hydrogens (tertiary/aromatic N) is 1. The summed E-state index contributed by atoms with van der Waals surface area (Å²) in [5.41, 5.74) is 0.444. The van der Waals surface area contributed by atoms with Crippen molar-refractivity contribution in [1.29, 1.82) is 0 Å². The molecule has 9 heteroatoms. The third kappa shape index (κ3) is 3.71. The van der Waals surface area contributed by atoms with Crippen LogP contribution in [-0.2, 0) is 14.3 Å². The van der Waals surface area contributed by atoms with Crippen LogP contribution < -0.4 is 10.2 Å². The summed E-state index contributed by atoms with van der Waals surface area (Å²) in [4.78, 5) is 38.6. The van der Waals surface area contributed by atoms with Crippen LogP contribution in [0.1, 0.15) is 17.3 Å². The Labute approximate surface area is 175 Å². The predicted molar refractivity (Wildman–Crippen MR) is 108 cm³/mol. The van der Waals surface area contributed by atoms with E-state index in [0.29, 0.717) is 10.7 Å². The second-order valence-corrected chi connectivity index (χ2v) is 6.82. The number of amides is 2. The van der Waals surface area contributed by atoms with Gasteiger partial charge in [0, 0.05) is 5.69 Å². The van der Waals surface area contributed by atoms with Crippen LogP contribution in [0.3, 0.4) is 0 Å². The Morgan fingerprint density at radius 1 is 1.04 bits per heavy atom. The first-order chi connectivity index (χ1) is 13.3. The molecule has 0 spiro atoms. The Morgan fingerprint density at radius 2 is 1.75 bits per heavy atom. The summed E-state index contributed by atoms with van der Waals surface area (Å²) >= 11 is 18.0. The molecule has 0 atom stereocenters. The van der Waals surface area contributed by atoms with Gasteiger partial charge in [-0.2, -0.15) is 0 Å². The fourth-order valence-corrected chi connectivity index (χ4v) is 3.11. The number of esters is 1. The van der Waals surface area contributed by atoms with Crippen LogP contribution in [0.25, 0.3) is 0 Å². The Balaban J connectivity index is 1.95. The molecule has 0 fully saturated rings. The van der Waals surface area contributed by atoms with Crippen molar-refractivity contribution in [2.75, 3.05) is 16.8 Å². The summed E-state index contributed by atoms with van der Waals surface area (Å²) in [5.74, 6) is -2.12. The molecule has 0 radical (unpaired) electrons. The predicted octanol–water partition coefficient (Wildman–Crippen LogP) is 4.61. The van der Waals surface area contributed by atoms with Gasteiger partial charge in [-0.25, -0.2) is 9.69 Å². The van der Waals surface area contributed by atoms with E-state index in [2.05, 4.69) is 5.32 Å². The van der Waals surface area contributed by atoms with Gasteiger partial charge in [-0.05, 0) is 37.3 Å². The van der Waals surface area contributed by atoms with E-state index >= 15 is 0 Å². The van der Waals surface area contributed by atoms with Crippen molar-refractivity contribution in [2.45, 2.75) is 6.92 Å². The average Bonchev–Trinajstić information content (AvgIpc) is 2.88. The first-order valence-corrected chi connectivity index (χ1v) is 9.25. The summed E-state index contributed by atoms with van der Waals surface area (Å²) in [5, 5.41) is 3.09. The van der Waals surface area contributed by atoms with E-state index in [1.54, 1.807) is 25.1 Å². The summed E-state index contributed by atoms with van der Waals surface area (Å²) in [7, 11) is 0. The lowest BCUT2D eigenvalue weighted by Crippen LogP contribution is -2.33.